The Bertz CT molecular complexity index is 465. The number of nitrogens with zero attached hydrogens (tertiary/aromatic N) is 2. The van der Waals surface area contributed by atoms with Gasteiger partial charge in [-0.25, -0.2) is 4.79 Å². The maximum absolute atomic E-state index is 13.0. The fourth-order valence-electron chi connectivity index (χ4n) is 4.68. The van der Waals surface area contributed by atoms with E-state index in [-0.39, 0.29) is 5.78 Å². The van der Waals surface area contributed by atoms with Gasteiger partial charge in [-0.2, -0.15) is 5.90 Å². The molecule has 0 aromatic carbocycles. The van der Waals surface area contributed by atoms with Gasteiger partial charge in [0.05, 0.1) is 6.54 Å². The smallest absolute Gasteiger partial charge is 0.338 e. The molecule has 3 rings (SSSR count). The van der Waals surface area contributed by atoms with Crippen molar-refractivity contribution in [2.24, 2.45) is 11.3 Å². The molecule has 2 aliphatic heterocycles. The molecule has 2 saturated heterocycles. The number of hydrogen-bond acceptors (Lipinski definition) is 7. The summed E-state index contributed by atoms with van der Waals surface area (Å²) in [5.41, 5.74) is -1.00. The Kier molecular flexibility index (Phi) is 6.44. The van der Waals surface area contributed by atoms with Gasteiger partial charge in [0.1, 0.15) is 5.41 Å². The molecule has 0 atom stereocenters. The van der Waals surface area contributed by atoms with Crippen LogP contribution in [0.5, 0.6) is 0 Å². The first-order valence-corrected chi connectivity index (χ1v) is 9.77. The van der Waals surface area contributed by atoms with E-state index in [1.165, 1.54) is 12.8 Å². The molecule has 0 aromatic heterocycles. The molecule has 0 unspecified atom stereocenters. The topological polar surface area (TPSA) is 87.9 Å². The van der Waals surface area contributed by atoms with Crippen LogP contribution < -0.4 is 11.2 Å². The molecule has 0 aromatic rings. The molecule has 3 fully saturated rings. The minimum atomic E-state index is -1.00. The van der Waals surface area contributed by atoms with Crippen LogP contribution in [0.2, 0.25) is 0 Å². The molecule has 25 heavy (non-hydrogen) atoms. The summed E-state index contributed by atoms with van der Waals surface area (Å²) < 4.78 is 0. The lowest BCUT2D eigenvalue weighted by Crippen LogP contribution is -2.55. The monoisotopic (exact) mass is 352 g/mol. The molecule has 0 amide bonds. The van der Waals surface area contributed by atoms with Crippen molar-refractivity contribution in [3.8, 4) is 0 Å². The maximum Gasteiger partial charge on any atom is 0.338 e. The molecule has 0 radical (unpaired) electrons. The minimum absolute atomic E-state index is 0.00188. The zero-order chi connectivity index (χ0) is 17.7. The predicted molar refractivity (Wildman–Crippen MR) is 94.7 cm³/mol. The molecule has 3 aliphatic rings. The molecule has 1 aliphatic carbocycles. The standard InChI is InChI=1S/C18H32N4O3/c19-25-17(24)18(6-2-1-3-7-18)16(23)14-21-10-12-22(13-11-21)15-4-8-20-9-5-15/h15,20H,1-14,19H2. The van der Waals surface area contributed by atoms with E-state index in [0.29, 0.717) is 25.4 Å². The van der Waals surface area contributed by atoms with Crippen LogP contribution in [0, 0.1) is 5.41 Å². The van der Waals surface area contributed by atoms with Crippen LogP contribution in [0.4, 0.5) is 0 Å². The van der Waals surface area contributed by atoms with Gasteiger partial charge in [0.2, 0.25) is 0 Å². The van der Waals surface area contributed by atoms with E-state index in [4.69, 9.17) is 5.90 Å². The Balaban J connectivity index is 1.53. The molecular formula is C18H32N4O3. The largest absolute Gasteiger partial charge is 0.373 e. The highest BCUT2D eigenvalue weighted by molar-refractivity contribution is 6.04. The van der Waals surface area contributed by atoms with Crippen LogP contribution in [0.15, 0.2) is 0 Å². The Morgan fingerprint density at radius 3 is 2.28 bits per heavy atom. The quantitative estimate of drug-likeness (QED) is 0.543. The first-order chi connectivity index (χ1) is 12.2. The van der Waals surface area contributed by atoms with Gasteiger partial charge in [0.15, 0.2) is 5.78 Å². The lowest BCUT2D eigenvalue weighted by Gasteiger charge is -2.41. The van der Waals surface area contributed by atoms with E-state index in [2.05, 4.69) is 20.0 Å². The Labute approximate surface area is 150 Å². The number of piperazine rings is 1. The van der Waals surface area contributed by atoms with Crippen LogP contribution in [0.3, 0.4) is 0 Å². The lowest BCUT2D eigenvalue weighted by atomic mass is 9.71. The number of rotatable bonds is 5. The summed E-state index contributed by atoms with van der Waals surface area (Å²) in [5, 5.41) is 3.41. The number of hydrogen-bond donors (Lipinski definition) is 2. The average molecular weight is 352 g/mol. The normalized spacial score (nSPS) is 26.3. The molecule has 142 valence electrons. The average Bonchev–Trinajstić information content (AvgIpc) is 2.69. The van der Waals surface area contributed by atoms with E-state index < -0.39 is 11.4 Å². The summed E-state index contributed by atoms with van der Waals surface area (Å²) in [6.07, 6.45) is 6.44. The summed E-state index contributed by atoms with van der Waals surface area (Å²) in [7, 11) is 0. The molecular weight excluding hydrogens is 320 g/mol. The second-order valence-electron chi connectivity index (χ2n) is 7.76. The van der Waals surface area contributed by atoms with Crippen LogP contribution in [0.25, 0.3) is 0 Å². The fourth-order valence-corrected chi connectivity index (χ4v) is 4.68. The number of ketones is 1. The van der Waals surface area contributed by atoms with Crippen molar-refractivity contribution in [3.63, 3.8) is 0 Å². The molecule has 0 bridgehead atoms. The van der Waals surface area contributed by atoms with Crippen LogP contribution in [-0.4, -0.2) is 73.4 Å². The molecule has 1 saturated carbocycles. The SMILES string of the molecule is NOC(=O)C1(C(=O)CN2CCN(C3CCNCC3)CC2)CCCCC1. The van der Waals surface area contributed by atoms with Gasteiger partial charge in [-0.1, -0.05) is 19.3 Å². The number of carbonyl (C=O) groups excluding carboxylic acids is 2. The minimum Gasteiger partial charge on any atom is -0.373 e. The second-order valence-corrected chi connectivity index (χ2v) is 7.76. The Morgan fingerprint density at radius 2 is 1.68 bits per heavy atom. The van der Waals surface area contributed by atoms with Crippen LogP contribution in [0.1, 0.15) is 44.9 Å². The lowest BCUT2D eigenvalue weighted by molar-refractivity contribution is -0.164. The zero-order valence-electron chi connectivity index (χ0n) is 15.2. The number of carbonyl (C=O) groups is 2. The molecule has 7 heteroatoms. The van der Waals surface area contributed by atoms with E-state index in [0.717, 1.165) is 58.5 Å². The summed E-state index contributed by atoms with van der Waals surface area (Å²) in [6.45, 7) is 6.35. The Hall–Kier alpha value is -1.02. The van der Waals surface area contributed by atoms with Gasteiger partial charge >= 0.3 is 5.97 Å². The van der Waals surface area contributed by atoms with Gasteiger partial charge in [0.25, 0.3) is 0 Å². The third kappa shape index (κ3) is 4.22. The summed E-state index contributed by atoms with van der Waals surface area (Å²) in [5.74, 6) is 4.59. The van der Waals surface area contributed by atoms with E-state index >= 15 is 0 Å². The zero-order valence-corrected chi connectivity index (χ0v) is 15.2. The number of nitrogens with two attached hydrogens (primary N) is 1. The molecule has 2 heterocycles. The van der Waals surface area contributed by atoms with Crippen LogP contribution in [-0.2, 0) is 14.4 Å². The third-order valence-corrected chi connectivity index (χ3v) is 6.34. The second kappa shape index (κ2) is 8.58. The van der Waals surface area contributed by atoms with Crippen molar-refractivity contribution in [3.05, 3.63) is 0 Å². The van der Waals surface area contributed by atoms with Crippen molar-refractivity contribution in [2.45, 2.75) is 51.0 Å². The fraction of sp³-hybridized carbons (Fsp3) is 0.889. The summed E-state index contributed by atoms with van der Waals surface area (Å²) >= 11 is 0. The Morgan fingerprint density at radius 1 is 1.04 bits per heavy atom. The van der Waals surface area contributed by atoms with Gasteiger partial charge in [-0.05, 0) is 38.8 Å². The highest BCUT2D eigenvalue weighted by Crippen LogP contribution is 2.38. The van der Waals surface area contributed by atoms with Crippen molar-refractivity contribution in [1.29, 1.82) is 0 Å². The third-order valence-electron chi connectivity index (χ3n) is 6.34. The van der Waals surface area contributed by atoms with Crippen molar-refractivity contribution in [2.75, 3.05) is 45.8 Å². The number of Topliss-reactive ketones (excluding diaryl/α,β-unsaturated/α-hetero) is 1. The first-order valence-electron chi connectivity index (χ1n) is 9.77. The van der Waals surface area contributed by atoms with Gasteiger partial charge in [-0.15, -0.1) is 0 Å². The van der Waals surface area contributed by atoms with E-state index in [1.54, 1.807) is 0 Å². The summed E-state index contributed by atoms with van der Waals surface area (Å²) in [6, 6.07) is 0.677. The van der Waals surface area contributed by atoms with Crippen molar-refractivity contribution in [1.82, 2.24) is 15.1 Å². The molecule has 0 spiro atoms. The number of piperidine rings is 1. The maximum atomic E-state index is 13.0. The molecule has 7 nitrogen and oxygen atoms in total. The van der Waals surface area contributed by atoms with Gasteiger partial charge < -0.3 is 10.2 Å². The van der Waals surface area contributed by atoms with Gasteiger partial charge in [0, 0.05) is 32.2 Å². The van der Waals surface area contributed by atoms with E-state index in [9.17, 15) is 9.59 Å². The highest BCUT2D eigenvalue weighted by atomic mass is 16.7. The van der Waals surface area contributed by atoms with Crippen LogP contribution >= 0.6 is 0 Å². The van der Waals surface area contributed by atoms with Gasteiger partial charge in [-0.3, -0.25) is 14.6 Å². The molecule has 3 N–H and O–H groups in total. The van der Waals surface area contributed by atoms with Crippen molar-refractivity contribution >= 4 is 11.8 Å². The number of nitrogens with one attached hydrogen (secondary N) is 1. The summed E-state index contributed by atoms with van der Waals surface area (Å²) in [4.78, 5) is 34.4. The van der Waals surface area contributed by atoms with E-state index in [1.807, 2.05) is 0 Å². The highest BCUT2D eigenvalue weighted by Gasteiger charge is 2.47. The first kappa shape index (κ1) is 18.8. The van der Waals surface area contributed by atoms with Crippen molar-refractivity contribution < 1.29 is 14.4 Å². The predicted octanol–water partition coefficient (Wildman–Crippen LogP) is 0.293.